The van der Waals surface area contributed by atoms with Crippen molar-refractivity contribution in [3.63, 3.8) is 0 Å². The van der Waals surface area contributed by atoms with E-state index >= 15 is 0 Å². The number of piperidine rings is 1. The van der Waals surface area contributed by atoms with Gasteiger partial charge < -0.3 is 15.3 Å². The van der Waals surface area contributed by atoms with Crippen LogP contribution in [0.25, 0.3) is 0 Å². The average Bonchev–Trinajstić information content (AvgIpc) is 2.89. The van der Waals surface area contributed by atoms with E-state index < -0.39 is 12.0 Å². The molecule has 0 unspecified atom stereocenters. The van der Waals surface area contributed by atoms with Crippen LogP contribution in [0.4, 0.5) is 0 Å². The Morgan fingerprint density at radius 2 is 1.81 bits per heavy atom. The van der Waals surface area contributed by atoms with Crippen molar-refractivity contribution < 1.29 is 19.5 Å². The number of rotatable bonds is 5. The third-order valence-electron chi connectivity index (χ3n) is 5.64. The summed E-state index contributed by atoms with van der Waals surface area (Å²) in [5, 5.41) is 19.0. The molecule has 0 aromatic carbocycles. The summed E-state index contributed by atoms with van der Waals surface area (Å²) in [6.45, 7) is 4.58. The molecule has 2 aliphatic rings. The van der Waals surface area contributed by atoms with E-state index in [1.165, 1.54) is 0 Å². The van der Waals surface area contributed by atoms with E-state index in [1.54, 1.807) is 13.8 Å². The summed E-state index contributed by atoms with van der Waals surface area (Å²) in [4.78, 5) is 38.4. The molecule has 1 aromatic heterocycles. The van der Waals surface area contributed by atoms with Gasteiger partial charge in [0.1, 0.15) is 0 Å². The lowest BCUT2D eigenvalue weighted by Gasteiger charge is -2.36. The van der Waals surface area contributed by atoms with Crippen molar-refractivity contribution in [2.75, 3.05) is 13.1 Å². The molecule has 2 heterocycles. The maximum absolute atomic E-state index is 12.6. The average molecular weight is 362 g/mol. The van der Waals surface area contributed by atoms with Gasteiger partial charge in [-0.1, -0.05) is 6.42 Å². The number of hydrogen-bond donors (Lipinski definition) is 3. The number of aryl methyl sites for hydroxylation is 2. The molecule has 0 radical (unpaired) electrons. The van der Waals surface area contributed by atoms with Crippen molar-refractivity contribution in [3.8, 4) is 0 Å². The van der Waals surface area contributed by atoms with Crippen molar-refractivity contribution in [1.82, 2.24) is 20.4 Å². The fraction of sp³-hybridized carbons (Fsp3) is 0.667. The lowest BCUT2D eigenvalue weighted by Crippen LogP contribution is -2.47. The SMILES string of the molecule is Cc1n[nH]c(C)c1[C@H](NC(=O)C1CCN(C(=O)C2CCC2)CC1)C(=O)O. The monoisotopic (exact) mass is 362 g/mol. The number of hydrogen-bond acceptors (Lipinski definition) is 4. The molecule has 8 nitrogen and oxygen atoms in total. The second kappa shape index (κ2) is 7.47. The third-order valence-corrected chi connectivity index (χ3v) is 5.64. The van der Waals surface area contributed by atoms with Crippen LogP contribution in [-0.2, 0) is 14.4 Å². The van der Waals surface area contributed by atoms with Crippen molar-refractivity contribution in [1.29, 1.82) is 0 Å². The fourth-order valence-corrected chi connectivity index (χ4v) is 3.78. The van der Waals surface area contributed by atoms with Crippen LogP contribution in [0.2, 0.25) is 0 Å². The summed E-state index contributed by atoms with van der Waals surface area (Å²) in [7, 11) is 0. The normalized spacial score (nSPS) is 19.7. The molecule has 1 aliphatic carbocycles. The molecule has 0 spiro atoms. The summed E-state index contributed by atoms with van der Waals surface area (Å²) in [6, 6.07) is -1.11. The zero-order valence-electron chi connectivity index (χ0n) is 15.2. The molecule has 1 aliphatic heterocycles. The third kappa shape index (κ3) is 3.59. The van der Waals surface area contributed by atoms with Crippen molar-refractivity contribution >= 4 is 17.8 Å². The predicted molar refractivity (Wildman–Crippen MR) is 93.2 cm³/mol. The zero-order chi connectivity index (χ0) is 18.8. The quantitative estimate of drug-likeness (QED) is 0.730. The Balaban J connectivity index is 1.59. The highest BCUT2D eigenvalue weighted by molar-refractivity contribution is 5.86. The molecule has 1 saturated heterocycles. The molecule has 0 bridgehead atoms. The molecule has 142 valence electrons. The standard InChI is InChI=1S/C18H26N4O4/c1-10-14(11(2)21-20-10)15(18(25)26)19-16(23)12-6-8-22(9-7-12)17(24)13-4-3-5-13/h12-13,15H,3-9H2,1-2H3,(H,19,23)(H,20,21)(H,25,26)/t15-/m0/s1. The number of carboxylic acids is 1. The molecule has 2 fully saturated rings. The minimum atomic E-state index is -1.11. The summed E-state index contributed by atoms with van der Waals surface area (Å²) >= 11 is 0. The van der Waals surface area contributed by atoms with Crippen LogP contribution in [0.5, 0.6) is 0 Å². The Kier molecular flexibility index (Phi) is 5.29. The number of amides is 2. The minimum absolute atomic E-state index is 0.170. The fourth-order valence-electron chi connectivity index (χ4n) is 3.78. The number of aromatic amines is 1. The first-order valence-electron chi connectivity index (χ1n) is 9.22. The molecule has 2 amide bonds. The van der Waals surface area contributed by atoms with Gasteiger partial charge in [-0.2, -0.15) is 5.10 Å². The molecule has 26 heavy (non-hydrogen) atoms. The van der Waals surface area contributed by atoms with Gasteiger partial charge in [0.15, 0.2) is 6.04 Å². The van der Waals surface area contributed by atoms with E-state index in [2.05, 4.69) is 15.5 Å². The van der Waals surface area contributed by atoms with E-state index in [0.29, 0.717) is 42.9 Å². The number of likely N-dealkylation sites (tertiary alicyclic amines) is 1. The molecule has 1 saturated carbocycles. The van der Waals surface area contributed by atoms with Gasteiger partial charge >= 0.3 is 5.97 Å². The second-order valence-corrected chi connectivity index (χ2v) is 7.35. The lowest BCUT2D eigenvalue weighted by molar-refractivity contribution is -0.144. The zero-order valence-corrected chi connectivity index (χ0v) is 15.2. The molecule has 3 rings (SSSR count). The van der Waals surface area contributed by atoms with Crippen LogP contribution in [0.15, 0.2) is 0 Å². The summed E-state index contributed by atoms with van der Waals surface area (Å²) < 4.78 is 0. The molecule has 8 heteroatoms. The first-order chi connectivity index (χ1) is 12.4. The van der Waals surface area contributed by atoms with Crippen LogP contribution < -0.4 is 5.32 Å². The van der Waals surface area contributed by atoms with Crippen LogP contribution >= 0.6 is 0 Å². The highest BCUT2D eigenvalue weighted by atomic mass is 16.4. The predicted octanol–water partition coefficient (Wildman–Crippen LogP) is 1.31. The van der Waals surface area contributed by atoms with Crippen LogP contribution in [0.1, 0.15) is 55.1 Å². The first kappa shape index (κ1) is 18.4. The van der Waals surface area contributed by atoms with Gasteiger partial charge in [0.25, 0.3) is 0 Å². The molecule has 1 aromatic rings. The first-order valence-corrected chi connectivity index (χ1v) is 9.22. The van der Waals surface area contributed by atoms with E-state index in [4.69, 9.17) is 0 Å². The number of carboxylic acid groups (broad SMARTS) is 1. The maximum Gasteiger partial charge on any atom is 0.331 e. The van der Waals surface area contributed by atoms with Gasteiger partial charge in [-0.25, -0.2) is 4.79 Å². The van der Waals surface area contributed by atoms with Crippen LogP contribution in [-0.4, -0.2) is 51.1 Å². The molecular formula is C18H26N4O4. The van der Waals surface area contributed by atoms with E-state index in [0.717, 1.165) is 19.3 Å². The van der Waals surface area contributed by atoms with E-state index in [9.17, 15) is 19.5 Å². The van der Waals surface area contributed by atoms with Gasteiger partial charge in [0.2, 0.25) is 11.8 Å². The topological polar surface area (TPSA) is 115 Å². The number of aliphatic carboxylic acids is 1. The number of nitrogens with zero attached hydrogens (tertiary/aromatic N) is 2. The Hall–Kier alpha value is -2.38. The molecule has 3 N–H and O–H groups in total. The van der Waals surface area contributed by atoms with Crippen molar-refractivity contribution in [3.05, 3.63) is 17.0 Å². The van der Waals surface area contributed by atoms with Gasteiger partial charge in [0, 0.05) is 36.2 Å². The molecule has 1 atom stereocenters. The number of carbonyl (C=O) groups excluding carboxylic acids is 2. The van der Waals surface area contributed by atoms with Crippen LogP contribution in [0, 0.1) is 25.7 Å². The Labute approximate surface area is 152 Å². The minimum Gasteiger partial charge on any atom is -0.479 e. The number of carbonyl (C=O) groups is 3. The van der Waals surface area contributed by atoms with Crippen molar-refractivity contribution in [2.24, 2.45) is 11.8 Å². The lowest BCUT2D eigenvalue weighted by atomic mass is 9.83. The van der Waals surface area contributed by atoms with E-state index in [-0.39, 0.29) is 23.7 Å². The summed E-state index contributed by atoms with van der Waals surface area (Å²) in [5.41, 5.74) is 1.70. The summed E-state index contributed by atoms with van der Waals surface area (Å²) in [5.74, 6) is -1.27. The van der Waals surface area contributed by atoms with Crippen LogP contribution in [0.3, 0.4) is 0 Å². The number of aromatic nitrogens is 2. The second-order valence-electron chi connectivity index (χ2n) is 7.35. The largest absolute Gasteiger partial charge is 0.479 e. The Morgan fingerprint density at radius 1 is 1.15 bits per heavy atom. The number of nitrogens with one attached hydrogen (secondary N) is 2. The van der Waals surface area contributed by atoms with Gasteiger partial charge in [-0.15, -0.1) is 0 Å². The maximum atomic E-state index is 12.6. The Bertz CT molecular complexity index is 683. The highest BCUT2D eigenvalue weighted by Crippen LogP contribution is 2.30. The Morgan fingerprint density at radius 3 is 2.27 bits per heavy atom. The van der Waals surface area contributed by atoms with Crippen molar-refractivity contribution in [2.45, 2.75) is 52.0 Å². The van der Waals surface area contributed by atoms with Gasteiger partial charge in [-0.05, 0) is 39.5 Å². The van der Waals surface area contributed by atoms with Gasteiger partial charge in [-0.3, -0.25) is 14.7 Å². The van der Waals surface area contributed by atoms with Gasteiger partial charge in [0.05, 0.1) is 5.69 Å². The summed E-state index contributed by atoms with van der Waals surface area (Å²) in [6.07, 6.45) is 4.21. The molecular weight excluding hydrogens is 336 g/mol. The van der Waals surface area contributed by atoms with E-state index in [1.807, 2.05) is 4.90 Å². The number of H-pyrrole nitrogens is 1. The highest BCUT2D eigenvalue weighted by Gasteiger charge is 2.35. The smallest absolute Gasteiger partial charge is 0.331 e.